The minimum absolute atomic E-state index is 0.118. The highest BCUT2D eigenvalue weighted by Crippen LogP contribution is 2.23. The summed E-state index contributed by atoms with van der Waals surface area (Å²) in [5.41, 5.74) is 0.517. The molecule has 5 heteroatoms. The lowest BCUT2D eigenvalue weighted by atomic mass is 10.1. The highest BCUT2D eigenvalue weighted by molar-refractivity contribution is 6.30. The molecule has 0 saturated carbocycles. The Morgan fingerprint density at radius 2 is 2.41 bits per heavy atom. The number of nitrogens with one attached hydrogen (secondary N) is 2. The molecule has 0 aliphatic carbocycles. The van der Waals surface area contributed by atoms with E-state index in [0.29, 0.717) is 16.3 Å². The molecule has 0 radical (unpaired) electrons. The summed E-state index contributed by atoms with van der Waals surface area (Å²) >= 11 is 5.85. The van der Waals surface area contributed by atoms with E-state index in [1.807, 2.05) is 0 Å². The molecule has 1 aromatic rings. The summed E-state index contributed by atoms with van der Waals surface area (Å²) in [5.74, 6) is 0.383. The number of amides is 1. The molecule has 1 aliphatic rings. The van der Waals surface area contributed by atoms with Gasteiger partial charge >= 0.3 is 0 Å². The Bertz CT molecular complexity index is 417. The van der Waals surface area contributed by atoms with Crippen LogP contribution in [-0.4, -0.2) is 32.1 Å². The van der Waals surface area contributed by atoms with Crippen LogP contribution in [0.1, 0.15) is 16.8 Å². The van der Waals surface area contributed by atoms with Gasteiger partial charge in [-0.25, -0.2) is 0 Å². The Morgan fingerprint density at radius 1 is 1.59 bits per heavy atom. The van der Waals surface area contributed by atoms with Crippen LogP contribution in [0.4, 0.5) is 0 Å². The fraction of sp³-hybridized carbons (Fsp3) is 0.417. The monoisotopic (exact) mass is 254 g/mol. The van der Waals surface area contributed by atoms with Gasteiger partial charge in [0.2, 0.25) is 0 Å². The second-order valence-corrected chi connectivity index (χ2v) is 4.44. The molecule has 1 amide bonds. The second kappa shape index (κ2) is 5.38. The average Bonchev–Trinajstić information content (AvgIpc) is 2.81. The molecule has 1 saturated heterocycles. The molecule has 2 N–H and O–H groups in total. The van der Waals surface area contributed by atoms with E-state index in [2.05, 4.69) is 10.6 Å². The van der Waals surface area contributed by atoms with Crippen molar-refractivity contribution in [2.24, 2.45) is 0 Å². The fourth-order valence-electron chi connectivity index (χ4n) is 1.89. The van der Waals surface area contributed by atoms with Crippen LogP contribution in [0, 0.1) is 0 Å². The van der Waals surface area contributed by atoms with Crippen molar-refractivity contribution in [3.63, 3.8) is 0 Å². The van der Waals surface area contributed by atoms with Crippen LogP contribution < -0.4 is 15.4 Å². The van der Waals surface area contributed by atoms with Crippen molar-refractivity contribution in [1.29, 1.82) is 0 Å². The summed E-state index contributed by atoms with van der Waals surface area (Å²) in [6.45, 7) is 1.77. The van der Waals surface area contributed by atoms with Gasteiger partial charge in [-0.05, 0) is 31.2 Å². The second-order valence-electron chi connectivity index (χ2n) is 4.01. The van der Waals surface area contributed by atoms with Gasteiger partial charge in [0.25, 0.3) is 5.91 Å². The van der Waals surface area contributed by atoms with Gasteiger partial charge in [0.1, 0.15) is 5.75 Å². The number of halogens is 1. The molecule has 2 rings (SSSR count). The van der Waals surface area contributed by atoms with Crippen molar-refractivity contribution in [2.75, 3.05) is 20.2 Å². The summed E-state index contributed by atoms with van der Waals surface area (Å²) < 4.78 is 5.15. The number of hydrogen-bond acceptors (Lipinski definition) is 3. The van der Waals surface area contributed by atoms with Gasteiger partial charge in [0.15, 0.2) is 0 Å². The van der Waals surface area contributed by atoms with Gasteiger partial charge in [-0.1, -0.05) is 11.6 Å². The van der Waals surface area contributed by atoms with E-state index in [9.17, 15) is 4.79 Å². The molecular weight excluding hydrogens is 240 g/mol. The first kappa shape index (κ1) is 12.2. The molecule has 1 aromatic carbocycles. The summed E-state index contributed by atoms with van der Waals surface area (Å²) in [4.78, 5) is 12.0. The first-order valence-corrected chi connectivity index (χ1v) is 5.93. The molecule has 1 aliphatic heterocycles. The lowest BCUT2D eigenvalue weighted by Crippen LogP contribution is -2.36. The van der Waals surface area contributed by atoms with Gasteiger partial charge in [0, 0.05) is 17.6 Å². The third kappa shape index (κ3) is 2.90. The standard InChI is InChI=1S/C12H15ClN2O2/c1-17-11-6-8(13)2-3-10(11)12(16)15-9-4-5-14-7-9/h2-3,6,9,14H,4-5,7H2,1H3,(H,15,16). The summed E-state index contributed by atoms with van der Waals surface area (Å²) in [6, 6.07) is 5.21. The van der Waals surface area contributed by atoms with Gasteiger partial charge in [0.05, 0.1) is 12.7 Å². The molecule has 92 valence electrons. The maximum Gasteiger partial charge on any atom is 0.255 e. The van der Waals surface area contributed by atoms with Crippen molar-refractivity contribution < 1.29 is 9.53 Å². The van der Waals surface area contributed by atoms with Crippen LogP contribution in [0.15, 0.2) is 18.2 Å². The van der Waals surface area contributed by atoms with E-state index in [-0.39, 0.29) is 11.9 Å². The summed E-state index contributed by atoms with van der Waals surface area (Å²) in [7, 11) is 1.53. The minimum atomic E-state index is -0.118. The number of ether oxygens (including phenoxy) is 1. The fourth-order valence-corrected chi connectivity index (χ4v) is 2.06. The number of hydrogen-bond donors (Lipinski definition) is 2. The lowest BCUT2D eigenvalue weighted by Gasteiger charge is -2.13. The van der Waals surface area contributed by atoms with E-state index in [1.54, 1.807) is 18.2 Å². The van der Waals surface area contributed by atoms with E-state index in [1.165, 1.54) is 7.11 Å². The third-order valence-electron chi connectivity index (χ3n) is 2.80. The molecule has 0 bridgehead atoms. The topological polar surface area (TPSA) is 50.4 Å². The number of benzene rings is 1. The third-order valence-corrected chi connectivity index (χ3v) is 3.04. The lowest BCUT2D eigenvalue weighted by molar-refractivity contribution is 0.0937. The molecule has 1 unspecified atom stereocenters. The van der Waals surface area contributed by atoms with Gasteiger partial charge in [-0.3, -0.25) is 4.79 Å². The van der Waals surface area contributed by atoms with Gasteiger partial charge < -0.3 is 15.4 Å². The van der Waals surface area contributed by atoms with Crippen LogP contribution in [0.2, 0.25) is 5.02 Å². The van der Waals surface area contributed by atoms with Gasteiger partial charge in [-0.2, -0.15) is 0 Å². The van der Waals surface area contributed by atoms with Crippen LogP contribution in [0.5, 0.6) is 5.75 Å². The zero-order valence-corrected chi connectivity index (χ0v) is 10.4. The number of carbonyl (C=O) groups excluding carboxylic acids is 1. The number of methoxy groups -OCH3 is 1. The van der Waals surface area contributed by atoms with E-state index in [4.69, 9.17) is 16.3 Å². The van der Waals surface area contributed by atoms with Crippen LogP contribution in [-0.2, 0) is 0 Å². The maximum absolute atomic E-state index is 12.0. The minimum Gasteiger partial charge on any atom is -0.496 e. The average molecular weight is 255 g/mol. The maximum atomic E-state index is 12.0. The van der Waals surface area contributed by atoms with Gasteiger partial charge in [-0.15, -0.1) is 0 Å². The van der Waals surface area contributed by atoms with Crippen molar-refractivity contribution in [3.8, 4) is 5.75 Å². The van der Waals surface area contributed by atoms with E-state index < -0.39 is 0 Å². The first-order chi connectivity index (χ1) is 8.20. The highest BCUT2D eigenvalue weighted by Gasteiger charge is 2.19. The van der Waals surface area contributed by atoms with Crippen molar-refractivity contribution >= 4 is 17.5 Å². The van der Waals surface area contributed by atoms with E-state index in [0.717, 1.165) is 19.5 Å². The van der Waals surface area contributed by atoms with E-state index >= 15 is 0 Å². The molecule has 1 atom stereocenters. The molecule has 4 nitrogen and oxygen atoms in total. The normalized spacial score (nSPS) is 19.1. The largest absolute Gasteiger partial charge is 0.496 e. The number of carbonyl (C=O) groups is 1. The Hall–Kier alpha value is -1.26. The Balaban J connectivity index is 2.12. The smallest absolute Gasteiger partial charge is 0.255 e. The quantitative estimate of drug-likeness (QED) is 0.858. The number of rotatable bonds is 3. The predicted molar refractivity (Wildman–Crippen MR) is 66.7 cm³/mol. The Morgan fingerprint density at radius 3 is 3.06 bits per heavy atom. The Labute approximate surface area is 105 Å². The zero-order valence-electron chi connectivity index (χ0n) is 9.63. The van der Waals surface area contributed by atoms with Crippen LogP contribution in [0.3, 0.4) is 0 Å². The molecular formula is C12H15ClN2O2. The highest BCUT2D eigenvalue weighted by atomic mass is 35.5. The summed E-state index contributed by atoms with van der Waals surface area (Å²) in [6.07, 6.45) is 0.960. The van der Waals surface area contributed by atoms with Crippen molar-refractivity contribution in [2.45, 2.75) is 12.5 Å². The predicted octanol–water partition coefficient (Wildman–Crippen LogP) is 1.44. The molecule has 0 aromatic heterocycles. The molecule has 1 fully saturated rings. The molecule has 17 heavy (non-hydrogen) atoms. The van der Waals surface area contributed by atoms with Crippen LogP contribution >= 0.6 is 11.6 Å². The Kier molecular flexibility index (Phi) is 3.86. The van der Waals surface area contributed by atoms with Crippen molar-refractivity contribution in [1.82, 2.24) is 10.6 Å². The molecule has 0 spiro atoms. The molecule has 1 heterocycles. The summed E-state index contributed by atoms with van der Waals surface area (Å²) in [5, 5.41) is 6.72. The first-order valence-electron chi connectivity index (χ1n) is 5.56. The van der Waals surface area contributed by atoms with Crippen molar-refractivity contribution in [3.05, 3.63) is 28.8 Å². The SMILES string of the molecule is COc1cc(Cl)ccc1C(=O)NC1CCNC1. The van der Waals surface area contributed by atoms with Crippen LogP contribution in [0.25, 0.3) is 0 Å². The zero-order chi connectivity index (χ0) is 12.3.